The monoisotopic (exact) mass is 479 g/mol. The average Bonchev–Trinajstić information content (AvgIpc) is 2.76. The summed E-state index contributed by atoms with van der Waals surface area (Å²) >= 11 is 12.4. The van der Waals surface area contributed by atoms with Crippen molar-refractivity contribution in [3.05, 3.63) is 51.0 Å². The first-order valence-electron chi connectivity index (χ1n) is 11.6. The zero-order chi connectivity index (χ0) is 24.1. The molecule has 0 heterocycles. The Morgan fingerprint density at radius 3 is 2.25 bits per heavy atom. The topological polar surface area (TPSA) is 41.5 Å². The van der Waals surface area contributed by atoms with Gasteiger partial charge in [-0.3, -0.25) is 0 Å². The van der Waals surface area contributed by atoms with Gasteiger partial charge in [0.1, 0.15) is 11.5 Å². The number of phenols is 1. The molecule has 3 nitrogen and oxygen atoms in total. The standard InChI is InChI=1S/C27H39Cl2NO2/c1-8-26(4,5)19-12-13-23(20(16-19)27(6,7)9-2)32-15-11-10-14-30-25-22(31)17-21(28)18(3)24(25)29/h12-13,16-17,30-31H,8-11,14-15H2,1-7H3. The minimum atomic E-state index is 0.0530. The zero-order valence-corrected chi connectivity index (χ0v) is 22.2. The van der Waals surface area contributed by atoms with Crippen molar-refractivity contribution in [2.24, 2.45) is 0 Å². The van der Waals surface area contributed by atoms with Crippen LogP contribution in [0.5, 0.6) is 11.5 Å². The van der Waals surface area contributed by atoms with E-state index in [0.717, 1.165) is 37.0 Å². The molecule has 0 aliphatic heterocycles. The number of halogens is 2. The second-order valence-corrected chi connectivity index (χ2v) is 10.6. The SMILES string of the molecule is CCC(C)(C)c1ccc(OCCCCNc2c(O)cc(Cl)c(C)c2Cl)c(C(C)(C)CC)c1. The van der Waals surface area contributed by atoms with Gasteiger partial charge in [-0.1, -0.05) is 76.9 Å². The van der Waals surface area contributed by atoms with Gasteiger partial charge in [-0.25, -0.2) is 0 Å². The maximum absolute atomic E-state index is 10.1. The predicted octanol–water partition coefficient (Wildman–Crippen LogP) is 8.65. The summed E-state index contributed by atoms with van der Waals surface area (Å²) in [6, 6.07) is 8.22. The van der Waals surface area contributed by atoms with Gasteiger partial charge in [-0.05, 0) is 60.6 Å². The van der Waals surface area contributed by atoms with Gasteiger partial charge in [0.05, 0.1) is 17.3 Å². The molecule has 0 aliphatic rings. The molecule has 2 aromatic rings. The molecule has 2 aromatic carbocycles. The molecule has 0 aromatic heterocycles. The lowest BCUT2D eigenvalue weighted by Gasteiger charge is -2.30. The summed E-state index contributed by atoms with van der Waals surface area (Å²) < 4.78 is 6.24. The molecule has 0 spiro atoms. The van der Waals surface area contributed by atoms with Crippen LogP contribution in [0.4, 0.5) is 5.69 Å². The molecule has 0 bridgehead atoms. The Hall–Kier alpha value is -1.58. The van der Waals surface area contributed by atoms with Crippen molar-refractivity contribution in [1.82, 2.24) is 0 Å². The molecule has 0 saturated carbocycles. The Kier molecular flexibility index (Phi) is 9.19. The molecule has 0 aliphatic carbocycles. The maximum Gasteiger partial charge on any atom is 0.141 e. The number of hydrogen-bond donors (Lipinski definition) is 2. The first-order chi connectivity index (χ1) is 14.9. The Morgan fingerprint density at radius 2 is 1.62 bits per heavy atom. The van der Waals surface area contributed by atoms with Gasteiger partial charge in [-0.15, -0.1) is 0 Å². The molecular weight excluding hydrogens is 441 g/mol. The first-order valence-corrected chi connectivity index (χ1v) is 12.4. The molecule has 0 radical (unpaired) electrons. The Balaban J connectivity index is 1.99. The molecule has 0 atom stereocenters. The van der Waals surface area contributed by atoms with Crippen molar-refractivity contribution >= 4 is 28.9 Å². The third-order valence-electron chi connectivity index (χ3n) is 6.81. The number of nitrogens with one attached hydrogen (secondary N) is 1. The quantitative estimate of drug-likeness (QED) is 0.250. The molecule has 32 heavy (non-hydrogen) atoms. The van der Waals surface area contributed by atoms with Crippen molar-refractivity contribution in [2.75, 3.05) is 18.5 Å². The van der Waals surface area contributed by atoms with E-state index in [2.05, 4.69) is 65.1 Å². The minimum absolute atomic E-state index is 0.0530. The highest BCUT2D eigenvalue weighted by molar-refractivity contribution is 6.38. The average molecular weight is 481 g/mol. The van der Waals surface area contributed by atoms with E-state index in [0.29, 0.717) is 28.9 Å². The van der Waals surface area contributed by atoms with Crippen molar-refractivity contribution in [1.29, 1.82) is 0 Å². The number of benzene rings is 2. The van der Waals surface area contributed by atoms with Crippen LogP contribution in [0.2, 0.25) is 10.0 Å². The Bertz CT molecular complexity index is 922. The fourth-order valence-electron chi connectivity index (χ4n) is 3.50. The number of aromatic hydroxyl groups is 1. The lowest BCUT2D eigenvalue weighted by Crippen LogP contribution is -2.21. The molecule has 0 unspecified atom stereocenters. The highest BCUT2D eigenvalue weighted by Gasteiger charge is 2.26. The molecule has 2 rings (SSSR count). The van der Waals surface area contributed by atoms with E-state index < -0.39 is 0 Å². The van der Waals surface area contributed by atoms with Gasteiger partial charge in [0, 0.05) is 23.2 Å². The number of phenolic OH excluding ortho intramolecular Hbond substituents is 1. The minimum Gasteiger partial charge on any atom is -0.506 e. The number of unbranched alkanes of at least 4 members (excludes halogenated alkanes) is 1. The largest absolute Gasteiger partial charge is 0.506 e. The van der Waals surface area contributed by atoms with Gasteiger partial charge in [-0.2, -0.15) is 0 Å². The summed E-state index contributed by atoms with van der Waals surface area (Å²) in [4.78, 5) is 0. The highest BCUT2D eigenvalue weighted by atomic mass is 35.5. The summed E-state index contributed by atoms with van der Waals surface area (Å²) in [7, 11) is 0. The molecular formula is C27H39Cl2NO2. The van der Waals surface area contributed by atoms with Crippen molar-refractivity contribution in [3.63, 3.8) is 0 Å². The fraction of sp³-hybridized carbons (Fsp3) is 0.556. The van der Waals surface area contributed by atoms with Crippen molar-refractivity contribution in [3.8, 4) is 11.5 Å². The lowest BCUT2D eigenvalue weighted by atomic mass is 9.76. The second-order valence-electron chi connectivity index (χ2n) is 9.86. The van der Waals surface area contributed by atoms with Crippen LogP contribution in [0.25, 0.3) is 0 Å². The van der Waals surface area contributed by atoms with Crippen molar-refractivity contribution in [2.45, 2.75) is 85.0 Å². The van der Waals surface area contributed by atoms with Crippen LogP contribution in [-0.2, 0) is 10.8 Å². The van der Waals surface area contributed by atoms with E-state index in [1.54, 1.807) is 0 Å². The Labute approximate surface area is 204 Å². The third kappa shape index (κ3) is 6.26. The number of anilines is 1. The van der Waals surface area contributed by atoms with Crippen LogP contribution in [0.15, 0.2) is 24.3 Å². The summed E-state index contributed by atoms with van der Waals surface area (Å²) in [6.45, 7) is 16.8. The second kappa shape index (κ2) is 11.0. The molecule has 0 saturated heterocycles. The van der Waals surface area contributed by atoms with Gasteiger partial charge in [0.2, 0.25) is 0 Å². The van der Waals surface area contributed by atoms with Crippen LogP contribution in [-0.4, -0.2) is 18.3 Å². The summed E-state index contributed by atoms with van der Waals surface area (Å²) in [5.74, 6) is 1.05. The van der Waals surface area contributed by atoms with E-state index >= 15 is 0 Å². The molecule has 0 fully saturated rings. The van der Waals surface area contributed by atoms with Gasteiger partial charge < -0.3 is 15.2 Å². The summed E-state index contributed by atoms with van der Waals surface area (Å²) in [6.07, 6.45) is 3.93. The lowest BCUT2D eigenvalue weighted by molar-refractivity contribution is 0.297. The van der Waals surface area contributed by atoms with Crippen LogP contribution in [0, 0.1) is 6.92 Å². The third-order valence-corrected chi connectivity index (χ3v) is 7.68. The van der Waals surface area contributed by atoms with Crippen LogP contribution in [0.1, 0.15) is 83.9 Å². The van der Waals surface area contributed by atoms with Gasteiger partial charge in [0.15, 0.2) is 0 Å². The van der Waals surface area contributed by atoms with E-state index in [1.807, 2.05) is 6.92 Å². The molecule has 178 valence electrons. The van der Waals surface area contributed by atoms with Gasteiger partial charge >= 0.3 is 0 Å². The first kappa shape index (κ1) is 26.7. The van der Waals surface area contributed by atoms with Crippen molar-refractivity contribution < 1.29 is 9.84 Å². The van der Waals surface area contributed by atoms with E-state index in [9.17, 15) is 5.11 Å². The number of ether oxygens (including phenoxy) is 1. The van der Waals surface area contributed by atoms with Crippen LogP contribution < -0.4 is 10.1 Å². The highest BCUT2D eigenvalue weighted by Crippen LogP contribution is 2.39. The maximum atomic E-state index is 10.1. The van der Waals surface area contributed by atoms with Crippen LogP contribution >= 0.6 is 23.2 Å². The predicted molar refractivity (Wildman–Crippen MR) is 139 cm³/mol. The van der Waals surface area contributed by atoms with Crippen LogP contribution in [0.3, 0.4) is 0 Å². The number of rotatable bonds is 11. The summed E-state index contributed by atoms with van der Waals surface area (Å²) in [5, 5.41) is 14.3. The molecule has 5 heteroatoms. The van der Waals surface area contributed by atoms with E-state index in [4.69, 9.17) is 27.9 Å². The fourth-order valence-corrected chi connectivity index (χ4v) is 4.01. The zero-order valence-electron chi connectivity index (χ0n) is 20.7. The molecule has 2 N–H and O–H groups in total. The Morgan fingerprint density at radius 1 is 0.969 bits per heavy atom. The normalized spacial score (nSPS) is 12.2. The summed E-state index contributed by atoms with van der Waals surface area (Å²) in [5.41, 5.74) is 4.15. The molecule has 0 amide bonds. The smallest absolute Gasteiger partial charge is 0.141 e. The number of hydrogen-bond acceptors (Lipinski definition) is 3. The van der Waals surface area contributed by atoms with E-state index in [1.165, 1.54) is 17.2 Å². The van der Waals surface area contributed by atoms with Gasteiger partial charge in [0.25, 0.3) is 0 Å². The van der Waals surface area contributed by atoms with E-state index in [-0.39, 0.29) is 16.6 Å².